The van der Waals surface area contributed by atoms with Gasteiger partial charge in [0.05, 0.1) is 12.6 Å². The second-order valence-electron chi connectivity index (χ2n) is 4.70. The smallest absolute Gasteiger partial charge is 0.239 e. The molecular formula is C14H25N3O. The van der Waals surface area contributed by atoms with Crippen molar-refractivity contribution in [1.82, 2.24) is 14.7 Å². The monoisotopic (exact) mass is 251 g/mol. The van der Waals surface area contributed by atoms with Crippen LogP contribution in [0.25, 0.3) is 0 Å². The summed E-state index contributed by atoms with van der Waals surface area (Å²) >= 11 is 0. The topological polar surface area (TPSA) is 26.8 Å². The zero-order chi connectivity index (χ0) is 13.5. The molecule has 0 aromatic carbocycles. The lowest BCUT2D eigenvalue weighted by molar-refractivity contribution is -0.136. The average Bonchev–Trinajstić information content (AvgIpc) is 2.40. The molecule has 0 aliphatic carbocycles. The highest BCUT2D eigenvalue weighted by atomic mass is 16.2. The van der Waals surface area contributed by atoms with Crippen molar-refractivity contribution in [3.8, 4) is 12.3 Å². The first-order valence-electron chi connectivity index (χ1n) is 6.82. The number of terminal acetylenes is 1. The van der Waals surface area contributed by atoms with Gasteiger partial charge in [-0.3, -0.25) is 14.6 Å². The van der Waals surface area contributed by atoms with Crippen LogP contribution in [-0.4, -0.2) is 72.5 Å². The van der Waals surface area contributed by atoms with Gasteiger partial charge in [-0.25, -0.2) is 0 Å². The Labute approximate surface area is 111 Å². The van der Waals surface area contributed by atoms with Crippen molar-refractivity contribution in [3.63, 3.8) is 0 Å². The van der Waals surface area contributed by atoms with Crippen molar-refractivity contribution in [1.29, 1.82) is 0 Å². The van der Waals surface area contributed by atoms with Crippen LogP contribution in [0.5, 0.6) is 0 Å². The van der Waals surface area contributed by atoms with Crippen LogP contribution < -0.4 is 0 Å². The number of hydrogen-bond acceptors (Lipinski definition) is 3. The average molecular weight is 251 g/mol. The van der Waals surface area contributed by atoms with Crippen LogP contribution in [0.4, 0.5) is 0 Å². The molecule has 1 fully saturated rings. The Morgan fingerprint density at radius 1 is 1.28 bits per heavy atom. The summed E-state index contributed by atoms with van der Waals surface area (Å²) in [5.41, 5.74) is 0. The molecule has 0 bridgehead atoms. The van der Waals surface area contributed by atoms with Gasteiger partial charge in [0.2, 0.25) is 5.91 Å². The Morgan fingerprint density at radius 3 is 2.28 bits per heavy atom. The summed E-state index contributed by atoms with van der Waals surface area (Å²) in [7, 11) is 0. The van der Waals surface area contributed by atoms with Crippen LogP contribution in [0, 0.1) is 12.3 Å². The number of piperazine rings is 1. The number of likely N-dealkylation sites (N-methyl/N-ethyl adjacent to an activating group) is 1. The highest BCUT2D eigenvalue weighted by Crippen LogP contribution is 2.08. The van der Waals surface area contributed by atoms with Gasteiger partial charge in [0.1, 0.15) is 0 Å². The van der Waals surface area contributed by atoms with E-state index in [2.05, 4.69) is 15.7 Å². The number of rotatable bonds is 5. The standard InChI is InChI=1S/C14H25N3O/c1-5-8-15-9-11-17(12-10-15)13(4)14(18)16(6-2)7-3/h1,13H,6-12H2,2-4H3/t13-/m1/s1. The summed E-state index contributed by atoms with van der Waals surface area (Å²) < 4.78 is 0. The molecular weight excluding hydrogens is 226 g/mol. The number of carbonyl (C=O) groups is 1. The number of hydrogen-bond donors (Lipinski definition) is 0. The molecule has 0 aromatic heterocycles. The number of amides is 1. The molecule has 1 amide bonds. The summed E-state index contributed by atoms with van der Waals surface area (Å²) in [6.07, 6.45) is 5.31. The largest absolute Gasteiger partial charge is 0.342 e. The first-order chi connectivity index (χ1) is 8.63. The van der Waals surface area contributed by atoms with Crippen LogP contribution >= 0.6 is 0 Å². The maximum absolute atomic E-state index is 12.3. The summed E-state index contributed by atoms with van der Waals surface area (Å²) in [4.78, 5) is 18.7. The molecule has 1 atom stereocenters. The molecule has 1 saturated heterocycles. The second-order valence-corrected chi connectivity index (χ2v) is 4.70. The third-order valence-corrected chi connectivity index (χ3v) is 3.70. The van der Waals surface area contributed by atoms with Gasteiger partial charge in [0.15, 0.2) is 0 Å². The predicted octanol–water partition coefficient (Wildman–Crippen LogP) is 0.494. The minimum Gasteiger partial charge on any atom is -0.342 e. The molecule has 0 N–H and O–H groups in total. The van der Waals surface area contributed by atoms with Gasteiger partial charge in [-0.1, -0.05) is 5.92 Å². The minimum absolute atomic E-state index is 0.0158. The van der Waals surface area contributed by atoms with E-state index >= 15 is 0 Å². The first kappa shape index (κ1) is 15.0. The van der Waals surface area contributed by atoms with Crippen LogP contribution in [0.3, 0.4) is 0 Å². The molecule has 18 heavy (non-hydrogen) atoms. The van der Waals surface area contributed by atoms with E-state index in [-0.39, 0.29) is 11.9 Å². The molecule has 4 heteroatoms. The van der Waals surface area contributed by atoms with Gasteiger partial charge in [-0.2, -0.15) is 0 Å². The van der Waals surface area contributed by atoms with Crippen LogP contribution in [0.2, 0.25) is 0 Å². The molecule has 4 nitrogen and oxygen atoms in total. The summed E-state index contributed by atoms with van der Waals surface area (Å²) in [5.74, 6) is 2.91. The third kappa shape index (κ3) is 3.72. The third-order valence-electron chi connectivity index (χ3n) is 3.70. The highest BCUT2D eigenvalue weighted by Gasteiger charge is 2.27. The molecule has 1 aliphatic rings. The molecule has 102 valence electrons. The summed E-state index contributed by atoms with van der Waals surface area (Å²) in [6, 6.07) is -0.0158. The SMILES string of the molecule is C#CCN1CCN([C@H](C)C(=O)N(CC)CC)CC1. The Hall–Kier alpha value is -1.05. The lowest BCUT2D eigenvalue weighted by atomic mass is 10.2. The molecule has 0 saturated carbocycles. The van der Waals surface area contributed by atoms with E-state index in [4.69, 9.17) is 6.42 Å². The number of nitrogens with zero attached hydrogens (tertiary/aromatic N) is 3. The summed E-state index contributed by atoms with van der Waals surface area (Å²) in [5, 5.41) is 0. The molecule has 0 unspecified atom stereocenters. The lowest BCUT2D eigenvalue weighted by Crippen LogP contribution is -2.54. The van der Waals surface area contributed by atoms with Gasteiger partial charge in [0, 0.05) is 39.3 Å². The molecule has 0 spiro atoms. The molecule has 0 aromatic rings. The Bertz CT molecular complexity index is 299. The predicted molar refractivity (Wildman–Crippen MR) is 74.2 cm³/mol. The summed E-state index contributed by atoms with van der Waals surface area (Å²) in [6.45, 7) is 12.1. The van der Waals surface area contributed by atoms with Crippen molar-refractivity contribution >= 4 is 5.91 Å². The fourth-order valence-electron chi connectivity index (χ4n) is 2.39. The van der Waals surface area contributed by atoms with Crippen LogP contribution in [0.15, 0.2) is 0 Å². The minimum atomic E-state index is -0.0158. The Balaban J connectivity index is 2.47. The van der Waals surface area contributed by atoms with Gasteiger partial charge < -0.3 is 4.90 Å². The van der Waals surface area contributed by atoms with Gasteiger partial charge in [-0.15, -0.1) is 6.42 Å². The van der Waals surface area contributed by atoms with E-state index in [0.29, 0.717) is 6.54 Å². The normalized spacial score (nSPS) is 19.2. The van der Waals surface area contributed by atoms with Crippen molar-refractivity contribution in [2.75, 3.05) is 45.8 Å². The van der Waals surface area contributed by atoms with E-state index in [9.17, 15) is 4.79 Å². The Kier molecular flexibility index (Phi) is 6.17. The fraction of sp³-hybridized carbons (Fsp3) is 0.786. The van der Waals surface area contributed by atoms with Crippen LogP contribution in [-0.2, 0) is 4.79 Å². The number of carbonyl (C=O) groups excluding carboxylic acids is 1. The van der Waals surface area contributed by atoms with Crippen LogP contribution in [0.1, 0.15) is 20.8 Å². The van der Waals surface area contributed by atoms with E-state index in [0.717, 1.165) is 39.3 Å². The zero-order valence-corrected chi connectivity index (χ0v) is 11.9. The molecule has 1 rings (SSSR count). The van der Waals surface area contributed by atoms with E-state index in [1.54, 1.807) is 0 Å². The lowest BCUT2D eigenvalue weighted by Gasteiger charge is -2.38. The first-order valence-corrected chi connectivity index (χ1v) is 6.82. The quantitative estimate of drug-likeness (QED) is 0.666. The maximum atomic E-state index is 12.3. The van der Waals surface area contributed by atoms with E-state index in [1.807, 2.05) is 25.7 Å². The van der Waals surface area contributed by atoms with Crippen molar-refractivity contribution < 1.29 is 4.79 Å². The molecule has 1 aliphatic heterocycles. The van der Waals surface area contributed by atoms with Gasteiger partial charge in [-0.05, 0) is 20.8 Å². The molecule has 0 radical (unpaired) electrons. The van der Waals surface area contributed by atoms with Crippen molar-refractivity contribution in [3.05, 3.63) is 0 Å². The van der Waals surface area contributed by atoms with E-state index in [1.165, 1.54) is 0 Å². The van der Waals surface area contributed by atoms with Gasteiger partial charge >= 0.3 is 0 Å². The van der Waals surface area contributed by atoms with Crippen molar-refractivity contribution in [2.24, 2.45) is 0 Å². The van der Waals surface area contributed by atoms with E-state index < -0.39 is 0 Å². The zero-order valence-electron chi connectivity index (χ0n) is 11.9. The van der Waals surface area contributed by atoms with Crippen molar-refractivity contribution in [2.45, 2.75) is 26.8 Å². The Morgan fingerprint density at radius 2 is 1.83 bits per heavy atom. The fourth-order valence-corrected chi connectivity index (χ4v) is 2.39. The molecule has 1 heterocycles. The maximum Gasteiger partial charge on any atom is 0.239 e. The van der Waals surface area contributed by atoms with Gasteiger partial charge in [0.25, 0.3) is 0 Å². The highest BCUT2D eigenvalue weighted by molar-refractivity contribution is 5.81. The second kappa shape index (κ2) is 7.40.